The standard InChI is InChI=1S/C13H26N2/c1-3-8-15(10-11-4-5-11)13-7-6-12(13)9-14-2/h11-14H,3-10H2,1-2H3. The van der Waals surface area contributed by atoms with Gasteiger partial charge in [-0.2, -0.15) is 0 Å². The summed E-state index contributed by atoms with van der Waals surface area (Å²) < 4.78 is 0. The van der Waals surface area contributed by atoms with E-state index in [1.165, 1.54) is 51.7 Å². The Kier molecular flexibility index (Phi) is 4.04. The molecule has 0 radical (unpaired) electrons. The molecular weight excluding hydrogens is 184 g/mol. The first-order valence-corrected chi connectivity index (χ1v) is 6.73. The summed E-state index contributed by atoms with van der Waals surface area (Å²) in [7, 11) is 2.08. The lowest BCUT2D eigenvalue weighted by atomic mass is 9.78. The summed E-state index contributed by atoms with van der Waals surface area (Å²) in [5.74, 6) is 1.98. The van der Waals surface area contributed by atoms with Gasteiger partial charge < -0.3 is 5.32 Å². The SMILES string of the molecule is CCCN(CC1CC1)C1CCC1CNC. The van der Waals surface area contributed by atoms with Crippen molar-refractivity contribution in [3.05, 3.63) is 0 Å². The van der Waals surface area contributed by atoms with Gasteiger partial charge in [0.2, 0.25) is 0 Å². The van der Waals surface area contributed by atoms with Crippen LogP contribution in [-0.2, 0) is 0 Å². The molecule has 2 saturated carbocycles. The first-order valence-electron chi connectivity index (χ1n) is 6.73. The average Bonchev–Trinajstić information content (AvgIpc) is 2.96. The van der Waals surface area contributed by atoms with Crippen molar-refractivity contribution in [1.29, 1.82) is 0 Å². The summed E-state index contributed by atoms with van der Waals surface area (Å²) in [5.41, 5.74) is 0. The van der Waals surface area contributed by atoms with E-state index in [9.17, 15) is 0 Å². The molecule has 0 aromatic rings. The quantitative estimate of drug-likeness (QED) is 0.692. The molecule has 2 heteroatoms. The van der Waals surface area contributed by atoms with Crippen molar-refractivity contribution in [1.82, 2.24) is 10.2 Å². The normalized spacial score (nSPS) is 30.6. The summed E-state index contributed by atoms with van der Waals surface area (Å²) in [6.07, 6.45) is 7.18. The van der Waals surface area contributed by atoms with Crippen LogP contribution in [0.2, 0.25) is 0 Å². The molecule has 0 aromatic heterocycles. The van der Waals surface area contributed by atoms with E-state index in [1.54, 1.807) is 0 Å². The van der Waals surface area contributed by atoms with Crippen LogP contribution in [0, 0.1) is 11.8 Å². The second-order valence-corrected chi connectivity index (χ2v) is 5.40. The maximum Gasteiger partial charge on any atom is 0.0136 e. The summed E-state index contributed by atoms with van der Waals surface area (Å²) in [6, 6.07) is 0.901. The molecule has 0 bridgehead atoms. The largest absolute Gasteiger partial charge is 0.319 e. The Morgan fingerprint density at radius 1 is 1.20 bits per heavy atom. The summed E-state index contributed by atoms with van der Waals surface area (Å²) in [5, 5.41) is 3.34. The lowest BCUT2D eigenvalue weighted by Gasteiger charge is -2.44. The van der Waals surface area contributed by atoms with E-state index in [-0.39, 0.29) is 0 Å². The third-order valence-electron chi connectivity index (χ3n) is 4.01. The van der Waals surface area contributed by atoms with E-state index in [2.05, 4.69) is 24.2 Å². The molecule has 0 spiro atoms. The summed E-state index contributed by atoms with van der Waals surface area (Å²) >= 11 is 0. The van der Waals surface area contributed by atoms with E-state index >= 15 is 0 Å². The Morgan fingerprint density at radius 2 is 2.00 bits per heavy atom. The highest BCUT2D eigenvalue weighted by molar-refractivity contribution is 4.91. The number of rotatable bonds is 7. The van der Waals surface area contributed by atoms with Gasteiger partial charge in [0.1, 0.15) is 0 Å². The fourth-order valence-electron chi connectivity index (χ4n) is 2.84. The van der Waals surface area contributed by atoms with Crippen LogP contribution in [-0.4, -0.2) is 37.6 Å². The van der Waals surface area contributed by atoms with Crippen LogP contribution in [0.15, 0.2) is 0 Å². The Labute approximate surface area is 94.4 Å². The molecule has 2 atom stereocenters. The van der Waals surface area contributed by atoms with Crippen molar-refractivity contribution in [2.24, 2.45) is 11.8 Å². The van der Waals surface area contributed by atoms with Gasteiger partial charge in [-0.1, -0.05) is 6.92 Å². The van der Waals surface area contributed by atoms with E-state index in [4.69, 9.17) is 0 Å². The van der Waals surface area contributed by atoms with Crippen LogP contribution < -0.4 is 5.32 Å². The van der Waals surface area contributed by atoms with Crippen molar-refractivity contribution in [3.8, 4) is 0 Å². The molecule has 1 N–H and O–H groups in total. The first kappa shape index (κ1) is 11.4. The number of nitrogens with one attached hydrogen (secondary N) is 1. The maximum atomic E-state index is 3.34. The van der Waals surface area contributed by atoms with Gasteiger partial charge in [-0.15, -0.1) is 0 Å². The first-order chi connectivity index (χ1) is 7.35. The molecule has 0 amide bonds. The summed E-state index contributed by atoms with van der Waals surface area (Å²) in [4.78, 5) is 2.78. The minimum absolute atomic E-state index is 0.901. The van der Waals surface area contributed by atoms with Gasteiger partial charge in [-0.3, -0.25) is 4.90 Å². The van der Waals surface area contributed by atoms with Crippen LogP contribution in [0.5, 0.6) is 0 Å². The molecule has 0 aliphatic heterocycles. The van der Waals surface area contributed by atoms with Gasteiger partial charge in [-0.05, 0) is 64.1 Å². The molecule has 2 rings (SSSR count). The zero-order valence-corrected chi connectivity index (χ0v) is 10.3. The van der Waals surface area contributed by atoms with Gasteiger partial charge in [0, 0.05) is 12.6 Å². The number of nitrogens with zero attached hydrogens (tertiary/aromatic N) is 1. The van der Waals surface area contributed by atoms with Gasteiger partial charge >= 0.3 is 0 Å². The third-order valence-corrected chi connectivity index (χ3v) is 4.01. The van der Waals surface area contributed by atoms with E-state index < -0.39 is 0 Å². The zero-order chi connectivity index (χ0) is 10.7. The number of hydrogen-bond donors (Lipinski definition) is 1. The molecule has 2 unspecified atom stereocenters. The van der Waals surface area contributed by atoms with Crippen LogP contribution in [0.3, 0.4) is 0 Å². The van der Waals surface area contributed by atoms with Crippen molar-refractivity contribution in [2.45, 2.75) is 45.1 Å². The Balaban J connectivity index is 1.79. The minimum atomic E-state index is 0.901. The maximum absolute atomic E-state index is 3.34. The minimum Gasteiger partial charge on any atom is -0.319 e. The van der Waals surface area contributed by atoms with Crippen molar-refractivity contribution in [2.75, 3.05) is 26.7 Å². The molecule has 2 aliphatic rings. The molecule has 0 saturated heterocycles. The Hall–Kier alpha value is -0.0800. The molecule has 2 nitrogen and oxygen atoms in total. The monoisotopic (exact) mass is 210 g/mol. The van der Waals surface area contributed by atoms with Crippen molar-refractivity contribution < 1.29 is 0 Å². The lowest BCUT2D eigenvalue weighted by molar-refractivity contribution is 0.0588. The molecule has 2 aliphatic carbocycles. The summed E-state index contributed by atoms with van der Waals surface area (Å²) in [6.45, 7) is 6.24. The average molecular weight is 210 g/mol. The predicted octanol–water partition coefficient (Wildman–Crippen LogP) is 2.11. The van der Waals surface area contributed by atoms with Crippen LogP contribution in [0.25, 0.3) is 0 Å². The fraction of sp³-hybridized carbons (Fsp3) is 1.00. The highest BCUT2D eigenvalue weighted by atomic mass is 15.2. The van der Waals surface area contributed by atoms with Crippen LogP contribution in [0.4, 0.5) is 0 Å². The highest BCUT2D eigenvalue weighted by Gasteiger charge is 2.36. The van der Waals surface area contributed by atoms with Gasteiger partial charge in [0.05, 0.1) is 0 Å². The topological polar surface area (TPSA) is 15.3 Å². The van der Waals surface area contributed by atoms with E-state index in [0.717, 1.165) is 17.9 Å². The Morgan fingerprint density at radius 3 is 2.47 bits per heavy atom. The molecule has 88 valence electrons. The highest BCUT2D eigenvalue weighted by Crippen LogP contribution is 2.36. The van der Waals surface area contributed by atoms with E-state index in [1.807, 2.05) is 0 Å². The lowest BCUT2D eigenvalue weighted by Crippen LogP contribution is -2.51. The van der Waals surface area contributed by atoms with Gasteiger partial charge in [0.25, 0.3) is 0 Å². The van der Waals surface area contributed by atoms with Crippen LogP contribution >= 0.6 is 0 Å². The molecule has 2 fully saturated rings. The molecular formula is C13H26N2. The zero-order valence-electron chi connectivity index (χ0n) is 10.3. The van der Waals surface area contributed by atoms with E-state index in [0.29, 0.717) is 0 Å². The Bertz CT molecular complexity index is 189. The second kappa shape index (κ2) is 5.31. The molecule has 15 heavy (non-hydrogen) atoms. The van der Waals surface area contributed by atoms with Gasteiger partial charge in [0.15, 0.2) is 0 Å². The second-order valence-electron chi connectivity index (χ2n) is 5.40. The van der Waals surface area contributed by atoms with Crippen LogP contribution in [0.1, 0.15) is 39.0 Å². The fourth-order valence-corrected chi connectivity index (χ4v) is 2.84. The predicted molar refractivity (Wildman–Crippen MR) is 65.0 cm³/mol. The third kappa shape index (κ3) is 2.94. The molecule has 0 heterocycles. The van der Waals surface area contributed by atoms with Crippen molar-refractivity contribution >= 4 is 0 Å². The van der Waals surface area contributed by atoms with Crippen molar-refractivity contribution in [3.63, 3.8) is 0 Å². The number of hydrogen-bond acceptors (Lipinski definition) is 2. The smallest absolute Gasteiger partial charge is 0.0136 e. The molecule has 0 aromatic carbocycles. The van der Waals surface area contributed by atoms with Gasteiger partial charge in [-0.25, -0.2) is 0 Å².